The SMILES string of the molecule is CCCCCc1ccc(OC(=O)c2ccc(C=O)cc2)cc1. The van der Waals surface area contributed by atoms with Gasteiger partial charge in [0.1, 0.15) is 12.0 Å². The van der Waals surface area contributed by atoms with Gasteiger partial charge in [0.2, 0.25) is 0 Å². The van der Waals surface area contributed by atoms with Crippen molar-refractivity contribution in [1.29, 1.82) is 0 Å². The highest BCUT2D eigenvalue weighted by Crippen LogP contribution is 2.16. The van der Waals surface area contributed by atoms with Gasteiger partial charge in [-0.05, 0) is 42.7 Å². The lowest BCUT2D eigenvalue weighted by Gasteiger charge is -2.06. The van der Waals surface area contributed by atoms with Crippen LogP contribution in [0.5, 0.6) is 5.75 Å². The normalized spacial score (nSPS) is 10.2. The van der Waals surface area contributed by atoms with Crippen molar-refractivity contribution < 1.29 is 14.3 Å². The van der Waals surface area contributed by atoms with Crippen molar-refractivity contribution in [3.63, 3.8) is 0 Å². The van der Waals surface area contributed by atoms with E-state index in [1.807, 2.05) is 24.3 Å². The highest BCUT2D eigenvalue weighted by molar-refractivity contribution is 5.91. The van der Waals surface area contributed by atoms with E-state index >= 15 is 0 Å². The standard InChI is InChI=1S/C19H20O3/c1-2-3-4-5-15-8-12-18(13-9-15)22-19(21)17-10-6-16(14-20)7-11-17/h6-14H,2-5H2,1H3. The van der Waals surface area contributed by atoms with Crippen LogP contribution in [-0.4, -0.2) is 12.3 Å². The molecule has 0 aliphatic heterocycles. The number of rotatable bonds is 7. The second kappa shape index (κ2) is 8.13. The lowest BCUT2D eigenvalue weighted by atomic mass is 10.1. The largest absolute Gasteiger partial charge is 0.423 e. The Balaban J connectivity index is 1.94. The molecule has 0 atom stereocenters. The molecule has 0 unspecified atom stereocenters. The lowest BCUT2D eigenvalue weighted by Crippen LogP contribution is -2.08. The molecule has 2 rings (SSSR count). The quantitative estimate of drug-likeness (QED) is 0.328. The maximum absolute atomic E-state index is 12.0. The Morgan fingerprint density at radius 1 is 1.00 bits per heavy atom. The number of esters is 1. The molecule has 3 nitrogen and oxygen atoms in total. The Morgan fingerprint density at radius 2 is 1.68 bits per heavy atom. The van der Waals surface area contributed by atoms with Crippen LogP contribution in [-0.2, 0) is 6.42 Å². The Labute approximate surface area is 130 Å². The third-order valence-corrected chi connectivity index (χ3v) is 3.49. The maximum atomic E-state index is 12.0. The molecule has 0 N–H and O–H groups in total. The van der Waals surface area contributed by atoms with E-state index in [0.29, 0.717) is 16.9 Å². The van der Waals surface area contributed by atoms with E-state index in [4.69, 9.17) is 4.74 Å². The average molecular weight is 296 g/mol. The van der Waals surface area contributed by atoms with Crippen LogP contribution in [0.4, 0.5) is 0 Å². The van der Waals surface area contributed by atoms with E-state index in [1.165, 1.54) is 24.8 Å². The molecule has 0 spiro atoms. The van der Waals surface area contributed by atoms with Crippen LogP contribution >= 0.6 is 0 Å². The van der Waals surface area contributed by atoms with Crippen LogP contribution in [0, 0.1) is 0 Å². The molecule has 22 heavy (non-hydrogen) atoms. The summed E-state index contributed by atoms with van der Waals surface area (Å²) >= 11 is 0. The number of hydrogen-bond acceptors (Lipinski definition) is 3. The predicted octanol–water partition coefficient (Wildman–Crippen LogP) is 4.45. The molecule has 0 saturated carbocycles. The van der Waals surface area contributed by atoms with Gasteiger partial charge in [0.25, 0.3) is 0 Å². The molecular formula is C19H20O3. The molecular weight excluding hydrogens is 276 g/mol. The van der Waals surface area contributed by atoms with Crippen LogP contribution in [0.1, 0.15) is 52.5 Å². The molecule has 0 saturated heterocycles. The first-order valence-corrected chi connectivity index (χ1v) is 7.59. The van der Waals surface area contributed by atoms with Crippen molar-refractivity contribution in [3.8, 4) is 5.75 Å². The van der Waals surface area contributed by atoms with E-state index in [9.17, 15) is 9.59 Å². The van der Waals surface area contributed by atoms with Crippen molar-refractivity contribution in [2.24, 2.45) is 0 Å². The van der Waals surface area contributed by atoms with E-state index in [2.05, 4.69) is 6.92 Å². The van der Waals surface area contributed by atoms with Crippen molar-refractivity contribution in [2.45, 2.75) is 32.6 Å². The Kier molecular flexibility index (Phi) is 5.90. The summed E-state index contributed by atoms with van der Waals surface area (Å²) in [4.78, 5) is 22.6. The summed E-state index contributed by atoms with van der Waals surface area (Å²) < 4.78 is 5.33. The van der Waals surface area contributed by atoms with Gasteiger partial charge < -0.3 is 4.74 Å². The highest BCUT2D eigenvalue weighted by atomic mass is 16.5. The van der Waals surface area contributed by atoms with Gasteiger partial charge in [-0.2, -0.15) is 0 Å². The number of aryl methyl sites for hydroxylation is 1. The number of carbonyl (C=O) groups excluding carboxylic acids is 2. The van der Waals surface area contributed by atoms with Crippen LogP contribution in [0.25, 0.3) is 0 Å². The summed E-state index contributed by atoms with van der Waals surface area (Å²) in [7, 11) is 0. The second-order valence-corrected chi connectivity index (χ2v) is 5.23. The molecule has 0 bridgehead atoms. The van der Waals surface area contributed by atoms with Gasteiger partial charge in [0, 0.05) is 5.56 Å². The molecule has 0 radical (unpaired) electrons. The first-order chi connectivity index (χ1) is 10.7. The molecule has 114 valence electrons. The zero-order chi connectivity index (χ0) is 15.8. The topological polar surface area (TPSA) is 43.4 Å². The molecule has 0 aliphatic carbocycles. The lowest BCUT2D eigenvalue weighted by molar-refractivity contribution is 0.0734. The van der Waals surface area contributed by atoms with Crippen molar-refractivity contribution >= 4 is 12.3 Å². The molecule has 0 heterocycles. The Hall–Kier alpha value is -2.42. The molecule has 0 aliphatic rings. The van der Waals surface area contributed by atoms with E-state index < -0.39 is 5.97 Å². The highest BCUT2D eigenvalue weighted by Gasteiger charge is 2.08. The van der Waals surface area contributed by atoms with Gasteiger partial charge in [-0.1, -0.05) is 44.0 Å². The number of hydrogen-bond donors (Lipinski definition) is 0. The van der Waals surface area contributed by atoms with Gasteiger partial charge in [0.15, 0.2) is 0 Å². The fourth-order valence-corrected chi connectivity index (χ4v) is 2.17. The minimum atomic E-state index is -0.420. The molecule has 2 aromatic carbocycles. The monoisotopic (exact) mass is 296 g/mol. The van der Waals surface area contributed by atoms with Gasteiger partial charge in [-0.15, -0.1) is 0 Å². The number of ether oxygens (including phenoxy) is 1. The number of aldehydes is 1. The third-order valence-electron chi connectivity index (χ3n) is 3.49. The number of unbranched alkanes of at least 4 members (excludes halogenated alkanes) is 2. The first kappa shape index (κ1) is 16.0. The number of carbonyl (C=O) groups is 2. The molecule has 0 fully saturated rings. The Bertz CT molecular complexity index is 612. The van der Waals surface area contributed by atoms with Crippen LogP contribution < -0.4 is 4.74 Å². The summed E-state index contributed by atoms with van der Waals surface area (Å²) in [5.74, 6) is 0.111. The van der Waals surface area contributed by atoms with Crippen molar-refractivity contribution in [2.75, 3.05) is 0 Å². The summed E-state index contributed by atoms with van der Waals surface area (Å²) in [5.41, 5.74) is 2.22. The predicted molar refractivity (Wildman–Crippen MR) is 86.5 cm³/mol. The van der Waals surface area contributed by atoms with Crippen LogP contribution in [0.2, 0.25) is 0 Å². The van der Waals surface area contributed by atoms with Crippen LogP contribution in [0.15, 0.2) is 48.5 Å². The van der Waals surface area contributed by atoms with Crippen molar-refractivity contribution in [3.05, 3.63) is 65.2 Å². The molecule has 0 aromatic heterocycles. The zero-order valence-electron chi connectivity index (χ0n) is 12.7. The van der Waals surface area contributed by atoms with Gasteiger partial charge in [0.05, 0.1) is 5.56 Å². The smallest absolute Gasteiger partial charge is 0.343 e. The zero-order valence-corrected chi connectivity index (χ0v) is 12.7. The minimum Gasteiger partial charge on any atom is -0.423 e. The third kappa shape index (κ3) is 4.55. The van der Waals surface area contributed by atoms with Gasteiger partial charge in [-0.25, -0.2) is 4.79 Å². The summed E-state index contributed by atoms with van der Waals surface area (Å²) in [6, 6.07) is 14.0. The average Bonchev–Trinajstić information content (AvgIpc) is 2.57. The summed E-state index contributed by atoms with van der Waals surface area (Å²) in [5, 5.41) is 0. The second-order valence-electron chi connectivity index (χ2n) is 5.23. The fraction of sp³-hybridized carbons (Fsp3) is 0.263. The molecule has 0 amide bonds. The molecule has 3 heteroatoms. The fourth-order valence-electron chi connectivity index (χ4n) is 2.17. The number of benzene rings is 2. The molecule has 2 aromatic rings. The van der Waals surface area contributed by atoms with Crippen LogP contribution in [0.3, 0.4) is 0 Å². The summed E-state index contributed by atoms with van der Waals surface area (Å²) in [6.45, 7) is 2.18. The van der Waals surface area contributed by atoms with Gasteiger partial charge >= 0.3 is 5.97 Å². The minimum absolute atomic E-state index is 0.420. The van der Waals surface area contributed by atoms with E-state index in [1.54, 1.807) is 24.3 Å². The Morgan fingerprint density at radius 3 is 2.27 bits per heavy atom. The van der Waals surface area contributed by atoms with Crippen molar-refractivity contribution in [1.82, 2.24) is 0 Å². The maximum Gasteiger partial charge on any atom is 0.343 e. The summed E-state index contributed by atoms with van der Waals surface area (Å²) in [6.07, 6.45) is 5.41. The van der Waals surface area contributed by atoms with E-state index in [0.717, 1.165) is 12.7 Å². The van der Waals surface area contributed by atoms with E-state index in [-0.39, 0.29) is 0 Å². The van der Waals surface area contributed by atoms with Gasteiger partial charge in [-0.3, -0.25) is 4.79 Å². The first-order valence-electron chi connectivity index (χ1n) is 7.59.